The Hall–Kier alpha value is -0.843. The zero-order valence-corrected chi connectivity index (χ0v) is 19.4. The van der Waals surface area contributed by atoms with Crippen LogP contribution in [0.5, 0.6) is 0 Å². The van der Waals surface area contributed by atoms with Crippen molar-refractivity contribution in [2.75, 3.05) is 13.1 Å². The predicted octanol–water partition coefficient (Wildman–Crippen LogP) is 6.51. The summed E-state index contributed by atoms with van der Waals surface area (Å²) in [6.45, 7) is 14.6. The van der Waals surface area contributed by atoms with Crippen molar-refractivity contribution in [2.45, 2.75) is 64.2 Å². The lowest BCUT2D eigenvalue weighted by molar-refractivity contribution is 0.275. The first-order valence-corrected chi connectivity index (χ1v) is 13.7. The SMILES string of the molecule is CC(C)(C)[Si](C)(C)n1cc(C2=CCN3CCC[C@H]3C2)c2cc(Br)ccc21. The second-order valence-electron chi connectivity index (χ2n) is 9.61. The first kappa shape index (κ1) is 18.5. The molecule has 0 saturated carbocycles. The zero-order chi connectivity index (χ0) is 18.7. The van der Waals surface area contributed by atoms with Crippen LogP contribution in [0.25, 0.3) is 16.5 Å². The summed E-state index contributed by atoms with van der Waals surface area (Å²) in [4.78, 5) is 2.66. The van der Waals surface area contributed by atoms with Crippen LogP contribution in [-0.4, -0.2) is 36.5 Å². The molecule has 0 N–H and O–H groups in total. The van der Waals surface area contributed by atoms with Crippen LogP contribution in [0, 0.1) is 0 Å². The third-order valence-corrected chi connectivity index (χ3v) is 12.8. The minimum atomic E-state index is -1.67. The van der Waals surface area contributed by atoms with E-state index >= 15 is 0 Å². The van der Waals surface area contributed by atoms with E-state index in [2.05, 4.69) is 89.4 Å². The van der Waals surface area contributed by atoms with Crippen LogP contribution >= 0.6 is 15.9 Å². The molecule has 0 unspecified atom stereocenters. The lowest BCUT2D eigenvalue weighted by atomic mass is 9.94. The van der Waals surface area contributed by atoms with Crippen molar-refractivity contribution in [1.29, 1.82) is 0 Å². The molecule has 1 saturated heterocycles. The minimum Gasteiger partial charge on any atom is -0.373 e. The van der Waals surface area contributed by atoms with E-state index in [0.29, 0.717) is 5.04 Å². The van der Waals surface area contributed by atoms with Crippen molar-refractivity contribution in [3.8, 4) is 0 Å². The van der Waals surface area contributed by atoms with Gasteiger partial charge in [-0.05, 0) is 54.6 Å². The number of hydrogen-bond donors (Lipinski definition) is 0. The second kappa shape index (κ2) is 6.35. The summed E-state index contributed by atoms with van der Waals surface area (Å²) >= 11 is 3.71. The van der Waals surface area contributed by atoms with E-state index in [1.807, 2.05) is 0 Å². The van der Waals surface area contributed by atoms with E-state index in [4.69, 9.17) is 0 Å². The highest BCUT2D eigenvalue weighted by Gasteiger charge is 2.39. The standard InChI is InChI=1S/C22H31BrN2Si/c1-22(2,3)26(4,5)25-15-20(19-14-17(23)8-9-21(19)25)16-10-12-24-11-6-7-18(24)13-16/h8-10,14-15,18H,6-7,11-13H2,1-5H3/t18-/m0/s1. The molecule has 1 aromatic heterocycles. The van der Waals surface area contributed by atoms with Gasteiger partial charge in [0.25, 0.3) is 0 Å². The molecule has 26 heavy (non-hydrogen) atoms. The fraction of sp³-hybridized carbons (Fsp3) is 0.545. The fourth-order valence-electron chi connectivity index (χ4n) is 4.43. The summed E-state index contributed by atoms with van der Waals surface area (Å²) < 4.78 is 3.84. The van der Waals surface area contributed by atoms with Crippen molar-refractivity contribution >= 4 is 40.6 Å². The molecule has 4 heteroatoms. The molecule has 140 valence electrons. The summed E-state index contributed by atoms with van der Waals surface area (Å²) in [7, 11) is -1.67. The van der Waals surface area contributed by atoms with E-state index in [9.17, 15) is 0 Å². The zero-order valence-electron chi connectivity index (χ0n) is 16.8. The van der Waals surface area contributed by atoms with Gasteiger partial charge in [0.15, 0.2) is 8.24 Å². The van der Waals surface area contributed by atoms with Crippen molar-refractivity contribution in [3.05, 3.63) is 40.5 Å². The Morgan fingerprint density at radius 1 is 1.19 bits per heavy atom. The van der Waals surface area contributed by atoms with E-state index in [1.54, 1.807) is 5.57 Å². The first-order chi connectivity index (χ1) is 12.2. The maximum absolute atomic E-state index is 3.71. The molecule has 0 radical (unpaired) electrons. The summed E-state index contributed by atoms with van der Waals surface area (Å²) in [6.07, 6.45) is 8.92. The van der Waals surface area contributed by atoms with Gasteiger partial charge in [-0.25, -0.2) is 0 Å². The molecule has 2 aliphatic rings. The minimum absolute atomic E-state index is 0.312. The Morgan fingerprint density at radius 2 is 1.96 bits per heavy atom. The van der Waals surface area contributed by atoms with Crippen LogP contribution in [0.3, 0.4) is 0 Å². The number of benzene rings is 1. The number of rotatable bonds is 2. The molecular formula is C22H31BrN2Si. The highest BCUT2D eigenvalue weighted by atomic mass is 79.9. The fourth-order valence-corrected chi connectivity index (χ4v) is 6.77. The van der Waals surface area contributed by atoms with Crippen LogP contribution in [0.4, 0.5) is 0 Å². The number of nitrogens with zero attached hydrogens (tertiary/aromatic N) is 2. The Labute approximate surface area is 167 Å². The topological polar surface area (TPSA) is 8.17 Å². The highest BCUT2D eigenvalue weighted by Crippen LogP contribution is 2.42. The third kappa shape index (κ3) is 2.94. The second-order valence-corrected chi connectivity index (χ2v) is 15.6. The van der Waals surface area contributed by atoms with Crippen LogP contribution in [0.2, 0.25) is 18.1 Å². The Bertz CT molecular complexity index is 872. The molecule has 0 bridgehead atoms. The van der Waals surface area contributed by atoms with Crippen LogP contribution < -0.4 is 0 Å². The smallest absolute Gasteiger partial charge is 0.161 e. The molecule has 1 atom stereocenters. The monoisotopic (exact) mass is 430 g/mol. The van der Waals surface area contributed by atoms with Gasteiger partial charge in [0.2, 0.25) is 0 Å². The van der Waals surface area contributed by atoms with Gasteiger partial charge in [-0.15, -0.1) is 0 Å². The predicted molar refractivity (Wildman–Crippen MR) is 119 cm³/mol. The third-order valence-electron chi connectivity index (χ3n) is 7.08. The summed E-state index contributed by atoms with van der Waals surface area (Å²) in [5, 5.41) is 1.73. The van der Waals surface area contributed by atoms with Crippen LogP contribution in [-0.2, 0) is 0 Å². The van der Waals surface area contributed by atoms with Gasteiger partial charge in [0.1, 0.15) is 0 Å². The maximum Gasteiger partial charge on any atom is 0.161 e. The van der Waals surface area contributed by atoms with Gasteiger partial charge in [0.05, 0.1) is 0 Å². The van der Waals surface area contributed by atoms with E-state index < -0.39 is 8.24 Å². The van der Waals surface area contributed by atoms with Crippen LogP contribution in [0.15, 0.2) is 34.9 Å². The van der Waals surface area contributed by atoms with E-state index in [-0.39, 0.29) is 0 Å². The average molecular weight is 431 g/mol. The van der Waals surface area contributed by atoms with Gasteiger partial charge in [-0.3, -0.25) is 4.90 Å². The Kier molecular flexibility index (Phi) is 4.52. The van der Waals surface area contributed by atoms with Crippen LogP contribution in [0.1, 0.15) is 45.6 Å². The summed E-state index contributed by atoms with van der Waals surface area (Å²) in [6, 6.07) is 7.60. The van der Waals surface area contributed by atoms with Gasteiger partial charge in [-0.1, -0.05) is 55.9 Å². The number of fused-ring (bicyclic) bond motifs is 2. The van der Waals surface area contributed by atoms with E-state index in [1.165, 1.54) is 46.7 Å². The van der Waals surface area contributed by atoms with Crippen molar-refractivity contribution in [2.24, 2.45) is 0 Å². The average Bonchev–Trinajstić information content (AvgIpc) is 3.16. The molecule has 2 nitrogen and oxygen atoms in total. The molecule has 3 heterocycles. The Morgan fingerprint density at radius 3 is 2.69 bits per heavy atom. The van der Waals surface area contributed by atoms with Crippen molar-refractivity contribution in [1.82, 2.24) is 9.13 Å². The quantitative estimate of drug-likeness (QED) is 0.492. The largest absolute Gasteiger partial charge is 0.373 e. The molecule has 1 fully saturated rings. The van der Waals surface area contributed by atoms with Gasteiger partial charge in [-0.2, -0.15) is 0 Å². The molecule has 2 aromatic rings. The number of halogens is 1. The molecule has 2 aliphatic heterocycles. The Balaban J connectivity index is 1.87. The first-order valence-electron chi connectivity index (χ1n) is 9.93. The highest BCUT2D eigenvalue weighted by molar-refractivity contribution is 9.10. The molecular weight excluding hydrogens is 400 g/mol. The molecule has 4 rings (SSSR count). The van der Waals surface area contributed by atoms with E-state index in [0.717, 1.165) is 12.6 Å². The lowest BCUT2D eigenvalue weighted by Gasteiger charge is -2.38. The molecule has 0 amide bonds. The summed E-state index contributed by atoms with van der Waals surface area (Å²) in [5.74, 6) is 0. The summed E-state index contributed by atoms with van der Waals surface area (Å²) in [5.41, 5.74) is 4.44. The maximum atomic E-state index is 3.71. The molecule has 1 aromatic carbocycles. The van der Waals surface area contributed by atoms with Gasteiger partial charge in [0, 0.05) is 39.7 Å². The van der Waals surface area contributed by atoms with Gasteiger partial charge < -0.3 is 4.23 Å². The number of hydrogen-bond acceptors (Lipinski definition) is 1. The lowest BCUT2D eigenvalue weighted by Crippen LogP contribution is -2.44. The molecule has 0 aliphatic carbocycles. The van der Waals surface area contributed by atoms with Crippen molar-refractivity contribution in [3.63, 3.8) is 0 Å². The number of aromatic nitrogens is 1. The molecule has 0 spiro atoms. The van der Waals surface area contributed by atoms with Crippen molar-refractivity contribution < 1.29 is 0 Å². The van der Waals surface area contributed by atoms with Gasteiger partial charge >= 0.3 is 0 Å². The normalized spacial score (nSPS) is 21.9.